The summed E-state index contributed by atoms with van der Waals surface area (Å²) in [6, 6.07) is 12.0. The molecule has 0 unspecified atom stereocenters. The molecule has 3 nitrogen and oxygen atoms in total. The molecule has 0 bridgehead atoms. The highest BCUT2D eigenvalue weighted by Gasteiger charge is 2.14. The minimum atomic E-state index is 0.195. The number of hydrogen-bond acceptors (Lipinski definition) is 3. The summed E-state index contributed by atoms with van der Waals surface area (Å²) >= 11 is 0. The number of allylic oxidation sites excluding steroid dienone is 1. The molecule has 0 aromatic heterocycles. The van der Waals surface area contributed by atoms with Crippen molar-refractivity contribution in [1.29, 1.82) is 0 Å². The molecule has 2 N–H and O–H groups in total. The minimum absolute atomic E-state index is 0.195. The molecule has 3 heteroatoms. The average Bonchev–Trinajstić information content (AvgIpc) is 2.38. The number of hydrogen-bond donors (Lipinski definition) is 2. The topological polar surface area (TPSA) is 49.7 Å². The quantitative estimate of drug-likeness (QED) is 0.805. The maximum Gasteiger partial charge on any atom is 0.134 e. The predicted octanol–water partition coefficient (Wildman–Crippen LogP) is 3.07. The Bertz CT molecular complexity index is 612. The first-order chi connectivity index (χ1) is 8.72. The molecule has 1 heterocycles. The number of fused-ring (bicyclic) bond motifs is 1. The van der Waals surface area contributed by atoms with Crippen LogP contribution in [-0.4, -0.2) is 10.2 Å². The van der Waals surface area contributed by atoms with E-state index >= 15 is 0 Å². The van der Waals surface area contributed by atoms with Gasteiger partial charge in [-0.05, 0) is 48.4 Å². The van der Waals surface area contributed by atoms with Crippen LogP contribution in [0.15, 0.2) is 48.5 Å². The molecule has 3 rings (SSSR count). The van der Waals surface area contributed by atoms with E-state index in [1.54, 1.807) is 36.4 Å². The molecular weight excluding hydrogens is 228 g/mol. The van der Waals surface area contributed by atoms with Crippen LogP contribution < -0.4 is 4.74 Å². The van der Waals surface area contributed by atoms with Crippen molar-refractivity contribution in [3.63, 3.8) is 0 Å². The van der Waals surface area contributed by atoms with E-state index in [1.807, 2.05) is 12.1 Å². The van der Waals surface area contributed by atoms with E-state index in [2.05, 4.69) is 0 Å². The van der Waals surface area contributed by atoms with E-state index in [0.29, 0.717) is 5.75 Å². The lowest BCUT2D eigenvalue weighted by molar-refractivity contribution is 0.459. The van der Waals surface area contributed by atoms with E-state index in [0.717, 1.165) is 23.3 Å². The van der Waals surface area contributed by atoms with Gasteiger partial charge in [0.05, 0.1) is 0 Å². The van der Waals surface area contributed by atoms with Gasteiger partial charge in [0.15, 0.2) is 0 Å². The Morgan fingerprint density at radius 1 is 0.889 bits per heavy atom. The number of phenols is 2. The van der Waals surface area contributed by atoms with Crippen molar-refractivity contribution in [1.82, 2.24) is 0 Å². The lowest BCUT2D eigenvalue weighted by Crippen LogP contribution is -2.03. The second kappa shape index (κ2) is 4.11. The molecule has 0 atom stereocenters. The van der Waals surface area contributed by atoms with Crippen molar-refractivity contribution >= 4 is 5.76 Å². The van der Waals surface area contributed by atoms with Gasteiger partial charge in [0.25, 0.3) is 0 Å². The maximum atomic E-state index is 9.45. The van der Waals surface area contributed by atoms with E-state index in [9.17, 15) is 10.2 Å². The fourth-order valence-corrected chi connectivity index (χ4v) is 1.97. The van der Waals surface area contributed by atoms with Gasteiger partial charge in [0, 0.05) is 11.6 Å². The lowest BCUT2D eigenvalue weighted by atomic mass is 10.0. The molecule has 1 aliphatic heterocycles. The monoisotopic (exact) mass is 240 g/mol. The first-order valence-electron chi connectivity index (χ1n) is 5.72. The Morgan fingerprint density at radius 2 is 1.61 bits per heavy atom. The second-order valence-corrected chi connectivity index (χ2v) is 4.21. The van der Waals surface area contributed by atoms with Gasteiger partial charge in [0.1, 0.15) is 23.0 Å². The van der Waals surface area contributed by atoms with Crippen LogP contribution in [0.2, 0.25) is 0 Å². The Kier molecular flexibility index (Phi) is 2.45. The van der Waals surface area contributed by atoms with Crippen LogP contribution in [0.3, 0.4) is 0 Å². The average molecular weight is 240 g/mol. The van der Waals surface area contributed by atoms with Gasteiger partial charge in [0.2, 0.25) is 0 Å². The molecule has 0 amide bonds. The maximum absolute atomic E-state index is 9.45. The van der Waals surface area contributed by atoms with Crippen LogP contribution in [0.25, 0.3) is 5.76 Å². The third-order valence-corrected chi connectivity index (χ3v) is 2.93. The summed E-state index contributed by atoms with van der Waals surface area (Å²) < 4.78 is 5.76. The molecule has 18 heavy (non-hydrogen) atoms. The standard InChI is InChI=1S/C15H12O3/c16-12-5-1-10(2-6-12)14-8-4-11-3-7-13(17)9-15(11)18-14/h1-3,5-9,16-17H,4H2. The van der Waals surface area contributed by atoms with Gasteiger partial charge in [-0.15, -0.1) is 0 Å². The highest BCUT2D eigenvalue weighted by Crippen LogP contribution is 2.33. The van der Waals surface area contributed by atoms with Crippen LogP contribution in [-0.2, 0) is 6.42 Å². The summed E-state index contributed by atoms with van der Waals surface area (Å²) in [5, 5.41) is 18.7. The highest BCUT2D eigenvalue weighted by atomic mass is 16.5. The number of phenolic OH excluding ortho intramolecular Hbond substituents is 2. The molecule has 0 saturated heterocycles. The second-order valence-electron chi connectivity index (χ2n) is 4.21. The molecule has 0 spiro atoms. The zero-order valence-corrected chi connectivity index (χ0v) is 9.63. The molecule has 2 aromatic rings. The summed E-state index contributed by atoms with van der Waals surface area (Å²) in [5.74, 6) is 1.85. The van der Waals surface area contributed by atoms with Crippen molar-refractivity contribution in [2.45, 2.75) is 6.42 Å². The van der Waals surface area contributed by atoms with Crippen molar-refractivity contribution in [2.24, 2.45) is 0 Å². The largest absolute Gasteiger partial charge is 0.508 e. The normalized spacial score (nSPS) is 13.4. The zero-order valence-electron chi connectivity index (χ0n) is 9.63. The first kappa shape index (κ1) is 10.7. The fraction of sp³-hybridized carbons (Fsp3) is 0.0667. The SMILES string of the molecule is Oc1ccc(C2=CCc3ccc(O)cc3O2)cc1. The molecule has 90 valence electrons. The summed E-state index contributed by atoms with van der Waals surface area (Å²) in [4.78, 5) is 0. The van der Waals surface area contributed by atoms with E-state index in [1.165, 1.54) is 0 Å². The molecule has 2 aromatic carbocycles. The van der Waals surface area contributed by atoms with Crippen molar-refractivity contribution in [3.8, 4) is 17.2 Å². The van der Waals surface area contributed by atoms with Crippen molar-refractivity contribution < 1.29 is 14.9 Å². The zero-order chi connectivity index (χ0) is 12.5. The number of benzene rings is 2. The summed E-state index contributed by atoms with van der Waals surface area (Å²) in [5.41, 5.74) is 1.96. The molecule has 0 fully saturated rings. The van der Waals surface area contributed by atoms with Gasteiger partial charge >= 0.3 is 0 Å². The third-order valence-electron chi connectivity index (χ3n) is 2.93. The summed E-state index contributed by atoms with van der Waals surface area (Å²) in [6.07, 6.45) is 2.76. The van der Waals surface area contributed by atoms with Gasteiger partial charge < -0.3 is 14.9 Å². The Balaban J connectivity index is 1.93. The number of rotatable bonds is 1. The van der Waals surface area contributed by atoms with Crippen molar-refractivity contribution in [3.05, 3.63) is 59.7 Å². The number of aromatic hydroxyl groups is 2. The predicted molar refractivity (Wildman–Crippen MR) is 68.5 cm³/mol. The van der Waals surface area contributed by atoms with E-state index in [-0.39, 0.29) is 11.5 Å². The van der Waals surface area contributed by atoms with Crippen LogP contribution in [0, 0.1) is 0 Å². The Hall–Kier alpha value is -2.42. The van der Waals surface area contributed by atoms with Gasteiger partial charge in [-0.25, -0.2) is 0 Å². The summed E-state index contributed by atoms with van der Waals surface area (Å²) in [7, 11) is 0. The van der Waals surface area contributed by atoms with E-state index < -0.39 is 0 Å². The first-order valence-corrected chi connectivity index (χ1v) is 5.72. The summed E-state index contributed by atoms with van der Waals surface area (Å²) in [6.45, 7) is 0. The van der Waals surface area contributed by atoms with Gasteiger partial charge in [-0.1, -0.05) is 6.07 Å². The Morgan fingerprint density at radius 3 is 2.39 bits per heavy atom. The highest BCUT2D eigenvalue weighted by molar-refractivity contribution is 5.66. The van der Waals surface area contributed by atoms with Gasteiger partial charge in [-0.2, -0.15) is 0 Å². The molecule has 0 aliphatic carbocycles. The van der Waals surface area contributed by atoms with Crippen LogP contribution in [0.5, 0.6) is 17.2 Å². The lowest BCUT2D eigenvalue weighted by Gasteiger charge is -2.18. The molecule has 0 radical (unpaired) electrons. The van der Waals surface area contributed by atoms with Crippen LogP contribution in [0.4, 0.5) is 0 Å². The molecule has 1 aliphatic rings. The van der Waals surface area contributed by atoms with E-state index in [4.69, 9.17) is 4.74 Å². The van der Waals surface area contributed by atoms with Crippen LogP contribution in [0.1, 0.15) is 11.1 Å². The molecule has 0 saturated carbocycles. The fourth-order valence-electron chi connectivity index (χ4n) is 1.97. The third kappa shape index (κ3) is 1.91. The van der Waals surface area contributed by atoms with Gasteiger partial charge in [-0.3, -0.25) is 0 Å². The Labute approximate surface area is 105 Å². The molecular formula is C15H12O3. The van der Waals surface area contributed by atoms with Crippen LogP contribution >= 0.6 is 0 Å². The smallest absolute Gasteiger partial charge is 0.134 e. The minimum Gasteiger partial charge on any atom is -0.508 e. The number of ether oxygens (including phenoxy) is 1. The van der Waals surface area contributed by atoms with Crippen molar-refractivity contribution in [2.75, 3.05) is 0 Å².